The minimum absolute atomic E-state index is 0.767. The van der Waals surface area contributed by atoms with Gasteiger partial charge in [-0.05, 0) is 35.4 Å². The van der Waals surface area contributed by atoms with E-state index in [1.54, 1.807) is 0 Å². The number of halogens is 1. The van der Waals surface area contributed by atoms with Crippen molar-refractivity contribution in [2.24, 2.45) is 0 Å². The van der Waals surface area contributed by atoms with Crippen LogP contribution in [-0.4, -0.2) is 14.1 Å². The Kier molecular flexibility index (Phi) is 3.70. The molecule has 2 rings (SSSR count). The van der Waals surface area contributed by atoms with E-state index < -0.39 is 0 Å². The standard InChI is InChI=1S/C15H15ClN/c1-17(2)15-8-6-12(7-9-15)10-13-4-3-5-14(16)11-13/h3-11H,1-2H3. The fourth-order valence-electron chi connectivity index (χ4n) is 1.66. The van der Waals surface area contributed by atoms with Crippen LogP contribution in [0.15, 0.2) is 48.5 Å². The Bertz CT molecular complexity index is 489. The second-order valence-corrected chi connectivity index (χ2v) is 4.62. The van der Waals surface area contributed by atoms with Crippen molar-refractivity contribution in [1.82, 2.24) is 0 Å². The average Bonchev–Trinajstić information content (AvgIpc) is 2.29. The smallest absolute Gasteiger partial charge is 0.0408 e. The van der Waals surface area contributed by atoms with Crippen molar-refractivity contribution in [1.29, 1.82) is 0 Å². The summed E-state index contributed by atoms with van der Waals surface area (Å²) in [6.07, 6.45) is 2.12. The van der Waals surface area contributed by atoms with E-state index in [9.17, 15) is 0 Å². The van der Waals surface area contributed by atoms with Crippen LogP contribution in [0, 0.1) is 6.42 Å². The summed E-state index contributed by atoms with van der Waals surface area (Å²) in [4.78, 5) is 2.09. The minimum Gasteiger partial charge on any atom is -0.378 e. The first-order valence-electron chi connectivity index (χ1n) is 5.53. The van der Waals surface area contributed by atoms with Gasteiger partial charge in [-0.25, -0.2) is 0 Å². The van der Waals surface area contributed by atoms with E-state index in [-0.39, 0.29) is 0 Å². The van der Waals surface area contributed by atoms with Crippen molar-refractivity contribution in [3.05, 3.63) is 71.1 Å². The number of anilines is 1. The molecular formula is C15H15ClN. The van der Waals surface area contributed by atoms with E-state index in [2.05, 4.69) is 35.6 Å². The molecule has 0 N–H and O–H groups in total. The lowest BCUT2D eigenvalue weighted by Crippen LogP contribution is -2.08. The van der Waals surface area contributed by atoms with Crippen molar-refractivity contribution in [3.8, 4) is 0 Å². The molecule has 0 aliphatic heterocycles. The maximum absolute atomic E-state index is 5.95. The molecule has 0 amide bonds. The third-order valence-corrected chi connectivity index (χ3v) is 2.83. The first kappa shape index (κ1) is 12.0. The van der Waals surface area contributed by atoms with Crippen molar-refractivity contribution < 1.29 is 0 Å². The molecule has 2 heteroatoms. The zero-order chi connectivity index (χ0) is 12.3. The molecule has 2 aromatic rings. The van der Waals surface area contributed by atoms with Gasteiger partial charge in [-0.3, -0.25) is 0 Å². The Balaban J connectivity index is 2.14. The van der Waals surface area contributed by atoms with E-state index in [1.807, 2.05) is 38.4 Å². The molecule has 0 atom stereocenters. The first-order valence-corrected chi connectivity index (χ1v) is 5.91. The van der Waals surface area contributed by atoms with Gasteiger partial charge < -0.3 is 4.90 Å². The predicted octanol–water partition coefficient (Wildman–Crippen LogP) is 4.01. The summed E-state index contributed by atoms with van der Waals surface area (Å²) in [5, 5.41) is 0.767. The number of hydrogen-bond donors (Lipinski definition) is 0. The third kappa shape index (κ3) is 3.24. The summed E-state index contributed by atoms with van der Waals surface area (Å²) >= 11 is 5.95. The van der Waals surface area contributed by atoms with Gasteiger partial charge >= 0.3 is 0 Å². The quantitative estimate of drug-likeness (QED) is 0.789. The van der Waals surface area contributed by atoms with Gasteiger partial charge in [-0.2, -0.15) is 0 Å². The van der Waals surface area contributed by atoms with Crippen LogP contribution in [0.1, 0.15) is 11.1 Å². The van der Waals surface area contributed by atoms with Crippen LogP contribution in [0.25, 0.3) is 0 Å². The van der Waals surface area contributed by atoms with Crippen LogP contribution in [0.2, 0.25) is 5.02 Å². The molecule has 0 saturated carbocycles. The lowest BCUT2D eigenvalue weighted by Gasteiger charge is -2.12. The van der Waals surface area contributed by atoms with E-state index >= 15 is 0 Å². The van der Waals surface area contributed by atoms with Crippen molar-refractivity contribution in [3.63, 3.8) is 0 Å². The van der Waals surface area contributed by atoms with Gasteiger partial charge in [-0.15, -0.1) is 0 Å². The Labute approximate surface area is 108 Å². The molecule has 0 unspecified atom stereocenters. The summed E-state index contributed by atoms with van der Waals surface area (Å²) < 4.78 is 0. The summed E-state index contributed by atoms with van der Waals surface area (Å²) in [5.74, 6) is 0. The highest BCUT2D eigenvalue weighted by Crippen LogP contribution is 2.18. The van der Waals surface area contributed by atoms with Gasteiger partial charge in [-0.1, -0.05) is 35.9 Å². The maximum atomic E-state index is 5.95. The second-order valence-electron chi connectivity index (χ2n) is 4.19. The zero-order valence-corrected chi connectivity index (χ0v) is 10.8. The molecule has 87 valence electrons. The molecule has 1 radical (unpaired) electrons. The lowest BCUT2D eigenvalue weighted by molar-refractivity contribution is 1.13. The highest BCUT2D eigenvalue weighted by atomic mass is 35.5. The van der Waals surface area contributed by atoms with Gasteiger partial charge in [0.1, 0.15) is 0 Å². The second kappa shape index (κ2) is 5.24. The largest absolute Gasteiger partial charge is 0.378 e. The molecule has 0 saturated heterocycles. The predicted molar refractivity (Wildman–Crippen MR) is 74.7 cm³/mol. The fourth-order valence-corrected chi connectivity index (χ4v) is 1.86. The van der Waals surface area contributed by atoms with Crippen molar-refractivity contribution in [2.45, 2.75) is 0 Å². The Hall–Kier alpha value is -1.47. The number of hydrogen-bond acceptors (Lipinski definition) is 1. The van der Waals surface area contributed by atoms with Gasteiger partial charge in [0, 0.05) is 31.2 Å². The topological polar surface area (TPSA) is 3.24 Å². The Morgan fingerprint density at radius 1 is 0.941 bits per heavy atom. The van der Waals surface area contributed by atoms with Gasteiger partial charge in [0.05, 0.1) is 0 Å². The molecule has 0 aromatic heterocycles. The summed E-state index contributed by atoms with van der Waals surface area (Å²) in [6.45, 7) is 0. The first-order chi connectivity index (χ1) is 8.15. The maximum Gasteiger partial charge on any atom is 0.0408 e. The normalized spacial score (nSPS) is 10.3. The van der Waals surface area contributed by atoms with Crippen molar-refractivity contribution >= 4 is 17.3 Å². The van der Waals surface area contributed by atoms with Gasteiger partial charge in [0.2, 0.25) is 0 Å². The molecule has 0 bridgehead atoms. The summed E-state index contributed by atoms with van der Waals surface area (Å²) in [7, 11) is 4.07. The monoisotopic (exact) mass is 244 g/mol. The van der Waals surface area contributed by atoms with Crippen LogP contribution < -0.4 is 4.90 Å². The average molecular weight is 245 g/mol. The van der Waals surface area contributed by atoms with E-state index in [4.69, 9.17) is 11.6 Å². The van der Waals surface area contributed by atoms with Crippen LogP contribution in [0.5, 0.6) is 0 Å². The summed E-state index contributed by atoms with van der Waals surface area (Å²) in [5.41, 5.74) is 3.50. The molecular weight excluding hydrogens is 230 g/mol. The van der Waals surface area contributed by atoms with Crippen LogP contribution in [-0.2, 0) is 0 Å². The molecule has 0 spiro atoms. The number of nitrogens with zero attached hydrogens (tertiary/aromatic N) is 1. The van der Waals surface area contributed by atoms with Crippen molar-refractivity contribution in [2.75, 3.05) is 19.0 Å². The molecule has 17 heavy (non-hydrogen) atoms. The minimum atomic E-state index is 0.767. The Morgan fingerprint density at radius 2 is 1.65 bits per heavy atom. The van der Waals surface area contributed by atoms with E-state index in [0.29, 0.717) is 0 Å². The molecule has 1 nitrogen and oxygen atoms in total. The number of rotatable bonds is 3. The highest BCUT2D eigenvalue weighted by molar-refractivity contribution is 6.30. The molecule has 0 fully saturated rings. The fraction of sp³-hybridized carbons (Fsp3) is 0.133. The molecule has 0 heterocycles. The van der Waals surface area contributed by atoms with Gasteiger partial charge in [0.15, 0.2) is 0 Å². The van der Waals surface area contributed by atoms with E-state index in [0.717, 1.165) is 10.6 Å². The van der Waals surface area contributed by atoms with Crippen LogP contribution in [0.4, 0.5) is 5.69 Å². The third-order valence-electron chi connectivity index (χ3n) is 2.59. The van der Waals surface area contributed by atoms with Gasteiger partial charge in [0.25, 0.3) is 0 Å². The summed E-state index contributed by atoms with van der Waals surface area (Å²) in [6, 6.07) is 16.3. The lowest BCUT2D eigenvalue weighted by atomic mass is 10.0. The Morgan fingerprint density at radius 3 is 2.24 bits per heavy atom. The highest BCUT2D eigenvalue weighted by Gasteiger charge is 1.99. The SMILES string of the molecule is CN(C)c1ccc([CH]c2cccc(Cl)c2)cc1. The molecule has 0 aliphatic carbocycles. The van der Waals surface area contributed by atoms with E-state index in [1.165, 1.54) is 11.3 Å². The molecule has 2 aromatic carbocycles. The van der Waals surface area contributed by atoms with Crippen LogP contribution >= 0.6 is 11.6 Å². The zero-order valence-electron chi connectivity index (χ0n) is 10.0. The number of benzene rings is 2. The molecule has 0 aliphatic rings. The van der Waals surface area contributed by atoms with Crippen LogP contribution in [0.3, 0.4) is 0 Å².